The minimum absolute atomic E-state index is 0.0152. The van der Waals surface area contributed by atoms with E-state index >= 15 is 8.78 Å². The molecule has 1 unspecified atom stereocenters. The smallest absolute Gasteiger partial charge is 0.314 e. The second-order valence-electron chi connectivity index (χ2n) is 9.70. The van der Waals surface area contributed by atoms with Gasteiger partial charge in [0.25, 0.3) is 5.92 Å². The van der Waals surface area contributed by atoms with E-state index in [4.69, 9.17) is 4.52 Å². The van der Waals surface area contributed by atoms with Gasteiger partial charge in [-0.05, 0) is 48.4 Å². The molecule has 1 saturated carbocycles. The Hall–Kier alpha value is -3.84. The van der Waals surface area contributed by atoms with Crippen LogP contribution in [0.4, 0.5) is 8.78 Å². The molecule has 190 valence electrons. The fourth-order valence-corrected chi connectivity index (χ4v) is 4.76. The predicted octanol–water partition coefficient (Wildman–Crippen LogP) is 6.73. The molecule has 3 aromatic carbocycles. The number of halogens is 2. The number of nitrogens with zero attached hydrogens (tertiary/aromatic N) is 1. The maximum atomic E-state index is 15.0. The summed E-state index contributed by atoms with van der Waals surface area (Å²) in [5, 5.41) is 24.1. The highest BCUT2D eigenvalue weighted by molar-refractivity contribution is 5.85. The number of aliphatic carboxylic acids is 1. The number of hydrogen-bond acceptors (Lipinski definition) is 4. The van der Waals surface area contributed by atoms with Gasteiger partial charge >= 0.3 is 5.97 Å². The molecular formula is C30H27F2NO4. The molecule has 1 fully saturated rings. The number of aliphatic hydroxyl groups is 1. The normalized spacial score (nSPS) is 15.4. The van der Waals surface area contributed by atoms with E-state index in [0.717, 1.165) is 22.3 Å². The van der Waals surface area contributed by atoms with Crippen molar-refractivity contribution in [3.8, 4) is 22.5 Å². The van der Waals surface area contributed by atoms with Gasteiger partial charge in [-0.25, -0.2) is 8.78 Å². The Labute approximate surface area is 213 Å². The van der Waals surface area contributed by atoms with E-state index in [-0.39, 0.29) is 23.4 Å². The van der Waals surface area contributed by atoms with Gasteiger partial charge in [-0.3, -0.25) is 4.79 Å². The number of hydrogen-bond donors (Lipinski definition) is 2. The lowest BCUT2D eigenvalue weighted by molar-refractivity contribution is -0.140. The first kappa shape index (κ1) is 24.8. The highest BCUT2D eigenvalue weighted by Gasteiger charge is 2.51. The minimum atomic E-state index is -3.38. The summed E-state index contributed by atoms with van der Waals surface area (Å²) in [5.74, 6) is -4.06. The molecule has 2 N–H and O–H groups in total. The number of aromatic nitrogens is 1. The van der Waals surface area contributed by atoms with E-state index in [1.54, 1.807) is 43.3 Å². The lowest BCUT2D eigenvalue weighted by atomic mass is 9.92. The summed E-state index contributed by atoms with van der Waals surface area (Å²) in [6.45, 7) is 1.54. The summed E-state index contributed by atoms with van der Waals surface area (Å²) in [7, 11) is 0. The lowest BCUT2D eigenvalue weighted by Gasteiger charge is -2.23. The molecule has 0 saturated heterocycles. The van der Waals surface area contributed by atoms with Gasteiger partial charge in [0.15, 0.2) is 5.76 Å². The summed E-state index contributed by atoms with van der Waals surface area (Å²) in [5.41, 5.74) is 3.32. The average Bonchev–Trinajstić information content (AvgIpc) is 3.65. The van der Waals surface area contributed by atoms with Crippen LogP contribution in [0.15, 0.2) is 83.4 Å². The van der Waals surface area contributed by atoms with Crippen LogP contribution in [0.3, 0.4) is 0 Å². The van der Waals surface area contributed by atoms with E-state index in [1.807, 2.05) is 42.5 Å². The molecule has 0 spiro atoms. The van der Waals surface area contributed by atoms with Crippen LogP contribution in [0, 0.1) is 6.92 Å². The molecule has 1 aliphatic rings. The van der Waals surface area contributed by atoms with Crippen molar-refractivity contribution >= 4 is 5.97 Å². The number of benzene rings is 3. The highest BCUT2D eigenvalue weighted by Crippen LogP contribution is 2.48. The number of carbonyl (C=O) groups is 1. The van der Waals surface area contributed by atoms with E-state index in [2.05, 4.69) is 5.16 Å². The maximum Gasteiger partial charge on any atom is 0.314 e. The number of carboxylic acid groups (broad SMARTS) is 1. The van der Waals surface area contributed by atoms with Gasteiger partial charge in [-0.2, -0.15) is 0 Å². The number of alkyl halides is 2. The fourth-order valence-electron chi connectivity index (χ4n) is 4.76. The Morgan fingerprint density at radius 2 is 1.54 bits per heavy atom. The van der Waals surface area contributed by atoms with Crippen molar-refractivity contribution in [2.75, 3.05) is 0 Å². The molecule has 0 amide bonds. The molecule has 4 aromatic rings. The van der Waals surface area contributed by atoms with Crippen LogP contribution in [-0.4, -0.2) is 27.3 Å². The van der Waals surface area contributed by atoms with Crippen molar-refractivity contribution in [3.63, 3.8) is 0 Å². The molecule has 1 atom stereocenters. The van der Waals surface area contributed by atoms with Crippen molar-refractivity contribution in [1.82, 2.24) is 5.16 Å². The van der Waals surface area contributed by atoms with Crippen LogP contribution in [0.2, 0.25) is 0 Å². The molecule has 1 aliphatic carbocycles. The minimum Gasteiger partial charge on any atom is -0.481 e. The topological polar surface area (TPSA) is 83.6 Å². The van der Waals surface area contributed by atoms with Gasteiger partial charge in [0.1, 0.15) is 6.10 Å². The molecule has 0 radical (unpaired) electrons. The molecule has 5 rings (SSSR count). The Bertz CT molecular complexity index is 1390. The van der Waals surface area contributed by atoms with Crippen LogP contribution in [0.5, 0.6) is 0 Å². The Morgan fingerprint density at radius 3 is 2.11 bits per heavy atom. The molecule has 1 heterocycles. The Morgan fingerprint density at radius 1 is 0.973 bits per heavy atom. The van der Waals surface area contributed by atoms with E-state index < -0.39 is 29.8 Å². The zero-order valence-corrected chi connectivity index (χ0v) is 20.3. The summed E-state index contributed by atoms with van der Waals surface area (Å²) >= 11 is 0. The van der Waals surface area contributed by atoms with Crippen molar-refractivity contribution in [1.29, 1.82) is 0 Å². The van der Waals surface area contributed by atoms with Gasteiger partial charge < -0.3 is 14.7 Å². The molecule has 37 heavy (non-hydrogen) atoms. The summed E-state index contributed by atoms with van der Waals surface area (Å²) in [4.78, 5) is 11.6. The van der Waals surface area contributed by atoms with Gasteiger partial charge in [0.2, 0.25) is 0 Å². The van der Waals surface area contributed by atoms with E-state index in [9.17, 15) is 15.0 Å². The third-order valence-electron chi connectivity index (χ3n) is 7.25. The Balaban J connectivity index is 1.35. The van der Waals surface area contributed by atoms with Crippen molar-refractivity contribution in [3.05, 3.63) is 101 Å². The second-order valence-corrected chi connectivity index (χ2v) is 9.70. The van der Waals surface area contributed by atoms with Crippen LogP contribution < -0.4 is 0 Å². The number of carboxylic acids is 1. The Kier molecular flexibility index (Phi) is 6.42. The maximum absolute atomic E-state index is 15.0. The third-order valence-corrected chi connectivity index (χ3v) is 7.25. The van der Waals surface area contributed by atoms with Gasteiger partial charge in [0.05, 0.1) is 16.7 Å². The van der Waals surface area contributed by atoms with Crippen molar-refractivity contribution in [2.45, 2.75) is 50.0 Å². The van der Waals surface area contributed by atoms with Gasteiger partial charge in [-0.1, -0.05) is 84.0 Å². The molecule has 0 aliphatic heterocycles. The van der Waals surface area contributed by atoms with Crippen LogP contribution >= 0.6 is 0 Å². The zero-order valence-electron chi connectivity index (χ0n) is 20.3. The number of aryl methyl sites for hydroxylation is 2. The molecule has 5 nitrogen and oxygen atoms in total. The number of rotatable bonds is 9. The zero-order chi connectivity index (χ0) is 26.2. The highest BCUT2D eigenvalue weighted by atomic mass is 19.3. The number of aliphatic hydroxyl groups excluding tert-OH is 1. The first-order valence-corrected chi connectivity index (χ1v) is 12.2. The predicted molar refractivity (Wildman–Crippen MR) is 135 cm³/mol. The first-order valence-electron chi connectivity index (χ1n) is 12.2. The van der Waals surface area contributed by atoms with Crippen LogP contribution in [0.1, 0.15) is 47.8 Å². The summed E-state index contributed by atoms with van der Waals surface area (Å²) in [6, 6.07) is 23.6. The standard InChI is InChI=1S/C30H27F2NO4/c1-19-25(27(34)30(31,32)16-15-20-5-3-2-4-6-20)26(37-33-19)23-9-7-21(8-10-23)22-11-13-24(14-12-22)29(17-18-29)28(35)36/h2-14,27,34H,15-18H2,1H3,(H,35,36). The molecule has 0 bridgehead atoms. The fraction of sp³-hybridized carbons (Fsp3) is 0.267. The molecule has 1 aromatic heterocycles. The second kappa shape index (κ2) is 9.56. The monoisotopic (exact) mass is 503 g/mol. The van der Waals surface area contributed by atoms with Crippen molar-refractivity contribution < 1.29 is 28.3 Å². The third kappa shape index (κ3) is 4.79. The van der Waals surface area contributed by atoms with Crippen molar-refractivity contribution in [2.24, 2.45) is 0 Å². The van der Waals surface area contributed by atoms with E-state index in [1.165, 1.54) is 0 Å². The molecular weight excluding hydrogens is 476 g/mol. The summed E-state index contributed by atoms with van der Waals surface area (Å²) in [6.07, 6.45) is -1.15. The van der Waals surface area contributed by atoms with E-state index in [0.29, 0.717) is 18.4 Å². The quantitative estimate of drug-likeness (QED) is 0.264. The van der Waals surface area contributed by atoms with Crippen LogP contribution in [-0.2, 0) is 16.6 Å². The first-order chi connectivity index (χ1) is 17.7. The summed E-state index contributed by atoms with van der Waals surface area (Å²) < 4.78 is 35.5. The van der Waals surface area contributed by atoms with Gasteiger partial charge in [0, 0.05) is 12.0 Å². The SMILES string of the molecule is Cc1noc(-c2ccc(-c3ccc(C4(C(=O)O)CC4)cc3)cc2)c1C(O)C(F)(F)CCc1ccccc1. The van der Waals surface area contributed by atoms with Gasteiger partial charge in [-0.15, -0.1) is 0 Å². The lowest BCUT2D eigenvalue weighted by Crippen LogP contribution is -2.27. The average molecular weight is 504 g/mol. The molecule has 7 heteroatoms. The largest absolute Gasteiger partial charge is 0.481 e. The van der Waals surface area contributed by atoms with Crippen LogP contribution in [0.25, 0.3) is 22.5 Å².